The Morgan fingerprint density at radius 2 is 1.86 bits per heavy atom. The molecule has 0 bridgehead atoms. The zero-order valence-corrected chi connectivity index (χ0v) is 14.4. The third-order valence-electron chi connectivity index (χ3n) is 3.18. The first-order chi connectivity index (χ1) is 10.1. The molecular weight excluding hydrogens is 352 g/mol. The highest BCUT2D eigenvalue weighted by molar-refractivity contribution is 9.10. The van der Waals surface area contributed by atoms with E-state index in [1.165, 1.54) is 5.56 Å². The number of methoxy groups -OCH3 is 1. The molecule has 4 heteroatoms. The van der Waals surface area contributed by atoms with E-state index in [2.05, 4.69) is 15.9 Å². The van der Waals surface area contributed by atoms with Crippen LogP contribution in [0.1, 0.15) is 23.4 Å². The molecule has 0 saturated carbocycles. The maximum atomic E-state index is 6.60. The van der Waals surface area contributed by atoms with Crippen molar-refractivity contribution < 1.29 is 9.47 Å². The lowest BCUT2D eigenvalue weighted by atomic mass is 10.0. The van der Waals surface area contributed by atoms with Crippen LogP contribution in [0.3, 0.4) is 0 Å². The van der Waals surface area contributed by atoms with E-state index in [1.807, 2.05) is 49.4 Å². The Morgan fingerprint density at radius 3 is 2.48 bits per heavy atom. The van der Waals surface area contributed by atoms with E-state index in [9.17, 15) is 0 Å². The van der Waals surface area contributed by atoms with Crippen LogP contribution in [-0.4, -0.2) is 13.7 Å². The number of hydrogen-bond acceptors (Lipinski definition) is 2. The summed E-state index contributed by atoms with van der Waals surface area (Å²) >= 11 is 10.1. The number of benzene rings is 2. The summed E-state index contributed by atoms with van der Waals surface area (Å²) in [6.45, 7) is 2.60. The lowest BCUT2D eigenvalue weighted by molar-refractivity contribution is 0.336. The number of halogens is 2. The molecule has 0 heterocycles. The van der Waals surface area contributed by atoms with E-state index in [4.69, 9.17) is 21.1 Å². The van der Waals surface area contributed by atoms with Gasteiger partial charge in [-0.1, -0.05) is 28.1 Å². The molecule has 2 rings (SSSR count). The van der Waals surface area contributed by atoms with Gasteiger partial charge in [-0.3, -0.25) is 0 Å². The first-order valence-electron chi connectivity index (χ1n) is 6.83. The van der Waals surface area contributed by atoms with E-state index in [0.29, 0.717) is 6.61 Å². The minimum absolute atomic E-state index is 0.141. The van der Waals surface area contributed by atoms with Crippen LogP contribution in [0.15, 0.2) is 46.9 Å². The molecule has 1 unspecified atom stereocenters. The summed E-state index contributed by atoms with van der Waals surface area (Å²) in [5.74, 6) is 1.69. The summed E-state index contributed by atoms with van der Waals surface area (Å²) in [4.78, 5) is 0. The quantitative estimate of drug-likeness (QED) is 0.636. The third-order valence-corrected chi connectivity index (χ3v) is 4.07. The number of hydrogen-bond donors (Lipinski definition) is 0. The molecular formula is C17H18BrClO2. The fraction of sp³-hybridized carbons (Fsp3) is 0.294. The number of rotatable bonds is 6. The summed E-state index contributed by atoms with van der Waals surface area (Å²) in [5.41, 5.74) is 2.17. The molecule has 0 aliphatic carbocycles. The van der Waals surface area contributed by atoms with Crippen molar-refractivity contribution in [2.24, 2.45) is 0 Å². The van der Waals surface area contributed by atoms with Gasteiger partial charge in [0.2, 0.25) is 0 Å². The van der Waals surface area contributed by atoms with Crippen molar-refractivity contribution in [3.63, 3.8) is 0 Å². The van der Waals surface area contributed by atoms with E-state index >= 15 is 0 Å². The predicted molar refractivity (Wildman–Crippen MR) is 90.6 cm³/mol. The van der Waals surface area contributed by atoms with Crippen molar-refractivity contribution in [2.75, 3.05) is 13.7 Å². The van der Waals surface area contributed by atoms with Gasteiger partial charge in [-0.15, -0.1) is 11.6 Å². The summed E-state index contributed by atoms with van der Waals surface area (Å²) in [6.07, 6.45) is 0.738. The van der Waals surface area contributed by atoms with E-state index in [0.717, 1.165) is 28.0 Å². The van der Waals surface area contributed by atoms with Crippen LogP contribution in [-0.2, 0) is 6.42 Å². The molecule has 112 valence electrons. The Kier molecular flexibility index (Phi) is 5.95. The fourth-order valence-corrected chi connectivity index (χ4v) is 2.86. The highest BCUT2D eigenvalue weighted by Gasteiger charge is 2.15. The van der Waals surface area contributed by atoms with Gasteiger partial charge in [0.05, 0.1) is 19.1 Å². The van der Waals surface area contributed by atoms with E-state index < -0.39 is 0 Å². The Morgan fingerprint density at radius 1 is 1.14 bits per heavy atom. The van der Waals surface area contributed by atoms with Gasteiger partial charge < -0.3 is 9.47 Å². The molecule has 0 fully saturated rings. The maximum absolute atomic E-state index is 6.60. The summed E-state index contributed by atoms with van der Waals surface area (Å²) in [6, 6.07) is 13.9. The van der Waals surface area contributed by atoms with Crippen LogP contribution in [0, 0.1) is 0 Å². The van der Waals surface area contributed by atoms with Gasteiger partial charge in [-0.25, -0.2) is 0 Å². The molecule has 0 amide bonds. The summed E-state index contributed by atoms with van der Waals surface area (Å²) in [5, 5.41) is -0.141. The van der Waals surface area contributed by atoms with Gasteiger partial charge >= 0.3 is 0 Å². The summed E-state index contributed by atoms with van der Waals surface area (Å²) < 4.78 is 11.8. The fourth-order valence-electron chi connectivity index (χ4n) is 2.13. The van der Waals surface area contributed by atoms with Crippen molar-refractivity contribution in [1.29, 1.82) is 0 Å². The lowest BCUT2D eigenvalue weighted by Gasteiger charge is -2.16. The van der Waals surface area contributed by atoms with Gasteiger partial charge in [0.15, 0.2) is 0 Å². The average Bonchev–Trinajstić information content (AvgIpc) is 2.50. The second-order valence-electron chi connectivity index (χ2n) is 4.63. The van der Waals surface area contributed by atoms with Gasteiger partial charge in [0.1, 0.15) is 11.5 Å². The van der Waals surface area contributed by atoms with Crippen molar-refractivity contribution >= 4 is 27.5 Å². The van der Waals surface area contributed by atoms with E-state index in [1.54, 1.807) is 7.11 Å². The molecule has 0 N–H and O–H groups in total. The van der Waals surface area contributed by atoms with Gasteiger partial charge in [-0.05, 0) is 49.2 Å². The second kappa shape index (κ2) is 7.71. The Bertz CT molecular complexity index is 584. The molecule has 2 aromatic carbocycles. The van der Waals surface area contributed by atoms with Crippen molar-refractivity contribution in [3.8, 4) is 11.5 Å². The largest absolute Gasteiger partial charge is 0.497 e. The molecule has 0 spiro atoms. The molecule has 0 aliphatic heterocycles. The Hall–Kier alpha value is -1.19. The zero-order valence-electron chi connectivity index (χ0n) is 12.1. The van der Waals surface area contributed by atoms with Crippen LogP contribution < -0.4 is 9.47 Å². The smallest absolute Gasteiger partial charge is 0.124 e. The minimum atomic E-state index is -0.141. The van der Waals surface area contributed by atoms with Crippen LogP contribution in [0.4, 0.5) is 0 Å². The zero-order chi connectivity index (χ0) is 15.2. The standard InChI is InChI=1S/C17H18BrClO2/c1-3-21-17-9-6-13(18)11-15(17)16(19)10-12-4-7-14(20-2)8-5-12/h4-9,11,16H,3,10H2,1-2H3. The van der Waals surface area contributed by atoms with Crippen molar-refractivity contribution in [2.45, 2.75) is 18.7 Å². The molecule has 0 aromatic heterocycles. The Labute approximate surface area is 139 Å². The lowest BCUT2D eigenvalue weighted by Crippen LogP contribution is -2.01. The molecule has 0 aliphatic rings. The van der Waals surface area contributed by atoms with E-state index in [-0.39, 0.29) is 5.38 Å². The number of ether oxygens (including phenoxy) is 2. The van der Waals surface area contributed by atoms with Crippen LogP contribution in [0.5, 0.6) is 11.5 Å². The Balaban J connectivity index is 2.18. The van der Waals surface area contributed by atoms with Crippen molar-refractivity contribution in [3.05, 3.63) is 58.1 Å². The summed E-state index contributed by atoms with van der Waals surface area (Å²) in [7, 11) is 1.66. The predicted octanol–water partition coefficient (Wildman–Crippen LogP) is 5.38. The SMILES string of the molecule is CCOc1ccc(Br)cc1C(Cl)Cc1ccc(OC)cc1. The molecule has 1 atom stereocenters. The molecule has 2 aromatic rings. The van der Waals surface area contributed by atoms with Crippen LogP contribution in [0.25, 0.3) is 0 Å². The first-order valence-corrected chi connectivity index (χ1v) is 8.06. The average molecular weight is 370 g/mol. The molecule has 0 radical (unpaired) electrons. The highest BCUT2D eigenvalue weighted by atomic mass is 79.9. The van der Waals surface area contributed by atoms with Crippen LogP contribution in [0.2, 0.25) is 0 Å². The van der Waals surface area contributed by atoms with Crippen molar-refractivity contribution in [1.82, 2.24) is 0 Å². The van der Waals surface area contributed by atoms with Gasteiger partial charge in [0.25, 0.3) is 0 Å². The first kappa shape index (κ1) is 16.2. The molecule has 21 heavy (non-hydrogen) atoms. The highest BCUT2D eigenvalue weighted by Crippen LogP contribution is 2.34. The minimum Gasteiger partial charge on any atom is -0.497 e. The number of alkyl halides is 1. The molecule has 0 saturated heterocycles. The topological polar surface area (TPSA) is 18.5 Å². The molecule has 2 nitrogen and oxygen atoms in total. The van der Waals surface area contributed by atoms with Crippen LogP contribution >= 0.6 is 27.5 Å². The monoisotopic (exact) mass is 368 g/mol. The second-order valence-corrected chi connectivity index (χ2v) is 6.08. The van der Waals surface area contributed by atoms with Gasteiger partial charge in [-0.2, -0.15) is 0 Å². The normalized spacial score (nSPS) is 12.0. The maximum Gasteiger partial charge on any atom is 0.124 e. The third kappa shape index (κ3) is 4.39. The van der Waals surface area contributed by atoms with Gasteiger partial charge in [0, 0.05) is 10.0 Å².